The van der Waals surface area contributed by atoms with E-state index in [-0.39, 0.29) is 0 Å². The Hall–Kier alpha value is -2.32. The maximum Gasteiger partial charge on any atom is 0.139 e. The summed E-state index contributed by atoms with van der Waals surface area (Å²) in [7, 11) is 0. The van der Waals surface area contributed by atoms with Crippen molar-refractivity contribution in [3.63, 3.8) is 0 Å². The second-order valence-electron chi connectivity index (χ2n) is 4.26. The third-order valence-corrected chi connectivity index (χ3v) is 3.07. The lowest BCUT2D eigenvalue weighted by Crippen LogP contribution is -2.06. The predicted molar refractivity (Wildman–Crippen MR) is 79.9 cm³/mol. The van der Waals surface area contributed by atoms with Gasteiger partial charge in [0, 0.05) is 10.6 Å². The van der Waals surface area contributed by atoms with Crippen LogP contribution in [0.15, 0.2) is 24.5 Å². The Kier molecular flexibility index (Phi) is 4.38. The molecule has 2 rings (SSSR count). The number of nitrogens with zero attached hydrogens (tertiary/aromatic N) is 3. The Balaban J connectivity index is 2.43. The highest BCUT2D eigenvalue weighted by Gasteiger charge is 2.11. The highest BCUT2D eigenvalue weighted by Crippen LogP contribution is 2.27. The molecule has 0 atom stereocenters. The Bertz CT molecular complexity index is 663. The summed E-state index contributed by atoms with van der Waals surface area (Å²) in [6.45, 7) is 2.05. The van der Waals surface area contributed by atoms with Gasteiger partial charge in [-0.3, -0.25) is 0 Å². The first-order chi connectivity index (χ1) is 9.65. The van der Waals surface area contributed by atoms with Gasteiger partial charge in [0.2, 0.25) is 0 Å². The number of halogens is 1. The summed E-state index contributed by atoms with van der Waals surface area (Å²) in [6, 6.07) is 7.14. The van der Waals surface area contributed by atoms with E-state index in [1.807, 2.05) is 0 Å². The van der Waals surface area contributed by atoms with E-state index < -0.39 is 0 Å². The number of benzene rings is 1. The number of hydrogen-bond acceptors (Lipinski definition) is 5. The van der Waals surface area contributed by atoms with Gasteiger partial charge < -0.3 is 11.1 Å². The maximum atomic E-state index is 9.12. The lowest BCUT2D eigenvalue weighted by molar-refractivity contribution is 0.908. The summed E-state index contributed by atoms with van der Waals surface area (Å²) in [5.74, 6) is 1.06. The number of anilines is 3. The molecule has 1 heterocycles. The minimum atomic E-state index is 0.449. The molecule has 3 N–H and O–H groups in total. The van der Waals surface area contributed by atoms with Crippen molar-refractivity contribution in [3.05, 3.63) is 40.7 Å². The summed E-state index contributed by atoms with van der Waals surface area (Å²) < 4.78 is 0. The Morgan fingerprint density at radius 2 is 2.20 bits per heavy atom. The van der Waals surface area contributed by atoms with E-state index in [9.17, 15) is 0 Å². The standard InChI is InChI=1S/C14H14ClN5/c1-2-3-11-13(17)18-8-19-14(11)20-12-6-10(15)5-4-9(12)7-16/h4-6,8H,2-3H2,1H3,(H3,17,18,19,20). The zero-order valence-electron chi connectivity index (χ0n) is 11.0. The topological polar surface area (TPSA) is 87.6 Å². The highest BCUT2D eigenvalue weighted by molar-refractivity contribution is 6.30. The average Bonchev–Trinajstić information content (AvgIpc) is 2.43. The molecular formula is C14H14ClN5. The molecule has 0 amide bonds. The van der Waals surface area contributed by atoms with Crippen molar-refractivity contribution in [2.75, 3.05) is 11.1 Å². The number of hydrogen-bond donors (Lipinski definition) is 2. The quantitative estimate of drug-likeness (QED) is 0.901. The summed E-state index contributed by atoms with van der Waals surface area (Å²) in [5, 5.41) is 12.8. The summed E-state index contributed by atoms with van der Waals surface area (Å²) >= 11 is 5.97. The molecule has 20 heavy (non-hydrogen) atoms. The van der Waals surface area contributed by atoms with Gasteiger partial charge in [-0.15, -0.1) is 0 Å². The molecule has 2 aromatic rings. The second-order valence-corrected chi connectivity index (χ2v) is 4.70. The third-order valence-electron chi connectivity index (χ3n) is 2.83. The first kappa shape index (κ1) is 14.1. The van der Waals surface area contributed by atoms with Crippen LogP contribution in [0, 0.1) is 11.3 Å². The van der Waals surface area contributed by atoms with Crippen LogP contribution in [0.2, 0.25) is 5.02 Å². The smallest absolute Gasteiger partial charge is 0.139 e. The monoisotopic (exact) mass is 287 g/mol. The number of nitrogen functional groups attached to an aromatic ring is 1. The molecule has 1 aromatic carbocycles. The Morgan fingerprint density at radius 3 is 2.90 bits per heavy atom. The van der Waals surface area contributed by atoms with Gasteiger partial charge in [-0.05, 0) is 24.6 Å². The number of nitriles is 1. The minimum Gasteiger partial charge on any atom is -0.383 e. The highest BCUT2D eigenvalue weighted by atomic mass is 35.5. The van der Waals surface area contributed by atoms with Crippen LogP contribution in [0.3, 0.4) is 0 Å². The lowest BCUT2D eigenvalue weighted by Gasteiger charge is -2.13. The van der Waals surface area contributed by atoms with Crippen molar-refractivity contribution in [1.82, 2.24) is 9.97 Å². The fourth-order valence-corrected chi connectivity index (χ4v) is 2.05. The molecule has 0 saturated carbocycles. The van der Waals surface area contributed by atoms with Crippen LogP contribution in [0.4, 0.5) is 17.3 Å². The minimum absolute atomic E-state index is 0.449. The van der Waals surface area contributed by atoms with Crippen molar-refractivity contribution >= 4 is 28.9 Å². The number of nitrogens with two attached hydrogens (primary N) is 1. The molecule has 0 bridgehead atoms. The van der Waals surface area contributed by atoms with E-state index >= 15 is 0 Å². The summed E-state index contributed by atoms with van der Waals surface area (Å²) in [5.41, 5.74) is 7.83. The molecule has 6 heteroatoms. The lowest BCUT2D eigenvalue weighted by atomic mass is 10.1. The first-order valence-electron chi connectivity index (χ1n) is 6.21. The summed E-state index contributed by atoms with van der Waals surface area (Å²) in [4.78, 5) is 8.20. The van der Waals surface area contributed by atoms with Crippen LogP contribution in [-0.4, -0.2) is 9.97 Å². The molecule has 0 fully saturated rings. The molecule has 0 aliphatic rings. The zero-order valence-corrected chi connectivity index (χ0v) is 11.8. The van der Waals surface area contributed by atoms with E-state index in [0.717, 1.165) is 18.4 Å². The predicted octanol–water partition coefficient (Wildman–Crippen LogP) is 3.28. The molecular weight excluding hydrogens is 274 g/mol. The molecule has 5 nitrogen and oxygen atoms in total. The Labute approximate surface area is 122 Å². The van der Waals surface area contributed by atoms with Gasteiger partial charge in [0.25, 0.3) is 0 Å². The van der Waals surface area contributed by atoms with Crippen LogP contribution < -0.4 is 11.1 Å². The van der Waals surface area contributed by atoms with E-state index in [1.54, 1.807) is 18.2 Å². The van der Waals surface area contributed by atoms with Crippen molar-refractivity contribution in [2.24, 2.45) is 0 Å². The number of rotatable bonds is 4. The summed E-state index contributed by atoms with van der Waals surface area (Å²) in [6.07, 6.45) is 3.08. The maximum absolute atomic E-state index is 9.12. The van der Waals surface area contributed by atoms with E-state index in [2.05, 4.69) is 28.3 Å². The fraction of sp³-hybridized carbons (Fsp3) is 0.214. The van der Waals surface area contributed by atoms with Crippen molar-refractivity contribution in [1.29, 1.82) is 5.26 Å². The number of nitrogens with one attached hydrogen (secondary N) is 1. The first-order valence-corrected chi connectivity index (χ1v) is 6.59. The van der Waals surface area contributed by atoms with Crippen LogP contribution in [-0.2, 0) is 6.42 Å². The van der Waals surface area contributed by atoms with Gasteiger partial charge in [0.1, 0.15) is 24.0 Å². The van der Waals surface area contributed by atoms with Crippen LogP contribution in [0.25, 0.3) is 0 Å². The molecule has 0 aliphatic heterocycles. The van der Waals surface area contributed by atoms with Crippen LogP contribution >= 0.6 is 11.6 Å². The third kappa shape index (κ3) is 2.98. The molecule has 0 radical (unpaired) electrons. The molecule has 0 spiro atoms. The van der Waals surface area contributed by atoms with Crippen molar-refractivity contribution in [3.8, 4) is 6.07 Å². The van der Waals surface area contributed by atoms with Gasteiger partial charge in [-0.25, -0.2) is 9.97 Å². The second kappa shape index (κ2) is 6.22. The molecule has 1 aromatic heterocycles. The Morgan fingerprint density at radius 1 is 1.40 bits per heavy atom. The van der Waals surface area contributed by atoms with Gasteiger partial charge in [0.05, 0.1) is 11.3 Å². The van der Waals surface area contributed by atoms with E-state index in [0.29, 0.717) is 27.9 Å². The number of aromatic nitrogens is 2. The SMILES string of the molecule is CCCc1c(N)ncnc1Nc1cc(Cl)ccc1C#N. The fourth-order valence-electron chi connectivity index (χ4n) is 1.88. The molecule has 0 saturated heterocycles. The molecule has 102 valence electrons. The largest absolute Gasteiger partial charge is 0.383 e. The van der Waals surface area contributed by atoms with Crippen LogP contribution in [0.5, 0.6) is 0 Å². The van der Waals surface area contributed by atoms with Gasteiger partial charge in [-0.1, -0.05) is 24.9 Å². The zero-order chi connectivity index (χ0) is 14.5. The van der Waals surface area contributed by atoms with Gasteiger partial charge in [0.15, 0.2) is 0 Å². The van der Waals surface area contributed by atoms with Crippen LogP contribution in [0.1, 0.15) is 24.5 Å². The molecule has 0 unspecified atom stereocenters. The van der Waals surface area contributed by atoms with Gasteiger partial charge >= 0.3 is 0 Å². The average molecular weight is 288 g/mol. The van der Waals surface area contributed by atoms with Gasteiger partial charge in [-0.2, -0.15) is 5.26 Å². The molecule has 0 aliphatic carbocycles. The van der Waals surface area contributed by atoms with Crippen molar-refractivity contribution in [2.45, 2.75) is 19.8 Å². The van der Waals surface area contributed by atoms with E-state index in [4.69, 9.17) is 22.6 Å². The van der Waals surface area contributed by atoms with E-state index in [1.165, 1.54) is 6.33 Å². The normalized spacial score (nSPS) is 10.1. The van der Waals surface area contributed by atoms with Crippen molar-refractivity contribution < 1.29 is 0 Å².